The van der Waals surface area contributed by atoms with E-state index in [1.54, 1.807) is 13.0 Å². The Labute approximate surface area is 121 Å². The lowest BCUT2D eigenvalue weighted by molar-refractivity contribution is 0.199. The molecule has 0 heterocycles. The molecule has 3 N–H and O–H groups in total. The highest BCUT2D eigenvalue weighted by Crippen LogP contribution is 2.17. The third-order valence-electron chi connectivity index (χ3n) is 3.74. The summed E-state index contributed by atoms with van der Waals surface area (Å²) in [6.45, 7) is 8.00. The fraction of sp³-hybridized carbons (Fsp3) is 0.562. The molecule has 0 fully saturated rings. The number of aliphatic hydroxyl groups is 1. The summed E-state index contributed by atoms with van der Waals surface area (Å²) in [6.07, 6.45) is 1.56. The summed E-state index contributed by atoms with van der Waals surface area (Å²) in [4.78, 5) is 12.0. The normalized spacial score (nSPS) is 13.9. The molecule has 0 spiro atoms. The van der Waals surface area contributed by atoms with Gasteiger partial charge in [-0.25, -0.2) is 4.79 Å². The molecule has 2 unspecified atom stereocenters. The molecule has 4 nitrogen and oxygen atoms in total. The number of hydrogen-bond donors (Lipinski definition) is 3. The summed E-state index contributed by atoms with van der Waals surface area (Å²) in [7, 11) is 0. The van der Waals surface area contributed by atoms with Gasteiger partial charge in [0, 0.05) is 11.7 Å². The summed E-state index contributed by atoms with van der Waals surface area (Å²) in [5.74, 6) is 0.490. The molecule has 2 amide bonds. The van der Waals surface area contributed by atoms with Crippen LogP contribution in [0.1, 0.15) is 52.2 Å². The number of carbonyl (C=O) groups excluding carboxylic acids is 1. The summed E-state index contributed by atoms with van der Waals surface area (Å²) in [6, 6.07) is 7.19. The molecular formula is C16H26N2O2. The quantitative estimate of drug-likeness (QED) is 0.743. The molecule has 20 heavy (non-hydrogen) atoms. The van der Waals surface area contributed by atoms with Crippen molar-refractivity contribution < 1.29 is 9.90 Å². The summed E-state index contributed by atoms with van der Waals surface area (Å²) in [5, 5.41) is 15.3. The van der Waals surface area contributed by atoms with Crippen LogP contribution >= 0.6 is 0 Å². The van der Waals surface area contributed by atoms with Crippen LogP contribution in [0.3, 0.4) is 0 Å². The fourth-order valence-electron chi connectivity index (χ4n) is 2.36. The third kappa shape index (κ3) is 4.85. The first-order valence-corrected chi connectivity index (χ1v) is 7.33. The van der Waals surface area contributed by atoms with Crippen LogP contribution in [0.4, 0.5) is 10.5 Å². The Morgan fingerprint density at radius 2 is 1.90 bits per heavy atom. The second kappa shape index (κ2) is 7.90. The maximum Gasteiger partial charge on any atom is 0.319 e. The van der Waals surface area contributed by atoms with Crippen molar-refractivity contribution in [2.24, 2.45) is 5.92 Å². The number of urea groups is 1. The highest BCUT2D eigenvalue weighted by molar-refractivity contribution is 5.89. The number of aliphatic hydroxyl groups excluding tert-OH is 1. The number of amides is 2. The first-order valence-electron chi connectivity index (χ1n) is 7.33. The van der Waals surface area contributed by atoms with Gasteiger partial charge in [0.1, 0.15) is 0 Å². The van der Waals surface area contributed by atoms with Crippen molar-refractivity contribution in [1.29, 1.82) is 0 Å². The maximum absolute atomic E-state index is 12.0. The molecule has 0 saturated heterocycles. The molecule has 4 heteroatoms. The lowest BCUT2D eigenvalue weighted by Gasteiger charge is -2.22. The van der Waals surface area contributed by atoms with E-state index in [1.807, 2.05) is 25.1 Å². The highest BCUT2D eigenvalue weighted by atomic mass is 16.3. The van der Waals surface area contributed by atoms with E-state index in [-0.39, 0.29) is 12.1 Å². The zero-order chi connectivity index (χ0) is 15.1. The van der Waals surface area contributed by atoms with Crippen molar-refractivity contribution in [3.8, 4) is 0 Å². The monoisotopic (exact) mass is 278 g/mol. The van der Waals surface area contributed by atoms with Crippen molar-refractivity contribution in [3.05, 3.63) is 29.8 Å². The Kier molecular flexibility index (Phi) is 6.52. The third-order valence-corrected chi connectivity index (χ3v) is 3.74. The maximum atomic E-state index is 12.0. The molecule has 0 aliphatic carbocycles. The first-order chi connectivity index (χ1) is 9.47. The van der Waals surface area contributed by atoms with Crippen molar-refractivity contribution >= 4 is 11.7 Å². The van der Waals surface area contributed by atoms with Crippen molar-refractivity contribution in [3.63, 3.8) is 0 Å². The summed E-state index contributed by atoms with van der Waals surface area (Å²) < 4.78 is 0. The predicted molar refractivity (Wildman–Crippen MR) is 82.8 cm³/mol. The Balaban J connectivity index is 2.60. The van der Waals surface area contributed by atoms with Crippen LogP contribution in [0, 0.1) is 5.92 Å². The Morgan fingerprint density at radius 3 is 2.45 bits per heavy atom. The van der Waals surface area contributed by atoms with Gasteiger partial charge in [-0.2, -0.15) is 0 Å². The van der Waals surface area contributed by atoms with E-state index < -0.39 is 6.10 Å². The standard InChI is InChI=1S/C16H26N2O2/c1-5-13(6-2)11(3)17-16(20)18-15-9-7-8-14(10-15)12(4)19/h7-13,19H,5-6H2,1-4H3,(H2,17,18,20). The number of nitrogens with one attached hydrogen (secondary N) is 2. The molecule has 0 bridgehead atoms. The van der Waals surface area contributed by atoms with Gasteiger partial charge in [0.15, 0.2) is 0 Å². The Bertz CT molecular complexity index is 428. The summed E-state index contributed by atoms with van der Waals surface area (Å²) in [5.41, 5.74) is 1.48. The topological polar surface area (TPSA) is 61.4 Å². The second-order valence-electron chi connectivity index (χ2n) is 5.27. The smallest absolute Gasteiger partial charge is 0.319 e. The number of carbonyl (C=O) groups is 1. The molecule has 0 aliphatic rings. The Morgan fingerprint density at radius 1 is 1.25 bits per heavy atom. The van der Waals surface area contributed by atoms with E-state index in [0.29, 0.717) is 11.6 Å². The molecule has 1 rings (SSSR count). The largest absolute Gasteiger partial charge is 0.389 e. The number of benzene rings is 1. The van der Waals surface area contributed by atoms with Gasteiger partial charge >= 0.3 is 6.03 Å². The first kappa shape index (κ1) is 16.5. The van der Waals surface area contributed by atoms with Gasteiger partial charge in [-0.15, -0.1) is 0 Å². The average Bonchev–Trinajstić information content (AvgIpc) is 2.40. The molecule has 1 aromatic rings. The molecule has 0 aromatic heterocycles. The van der Waals surface area contributed by atoms with Gasteiger partial charge in [0.25, 0.3) is 0 Å². The molecule has 112 valence electrons. The van der Waals surface area contributed by atoms with E-state index in [4.69, 9.17) is 0 Å². The van der Waals surface area contributed by atoms with Gasteiger partial charge < -0.3 is 15.7 Å². The van der Waals surface area contributed by atoms with E-state index in [9.17, 15) is 9.90 Å². The zero-order valence-electron chi connectivity index (χ0n) is 12.8. The number of anilines is 1. The van der Waals surface area contributed by atoms with Crippen LogP contribution < -0.4 is 10.6 Å². The van der Waals surface area contributed by atoms with Crippen LogP contribution in [0.2, 0.25) is 0 Å². The van der Waals surface area contributed by atoms with Crippen LogP contribution in [0.5, 0.6) is 0 Å². The van der Waals surface area contributed by atoms with Crippen molar-refractivity contribution in [1.82, 2.24) is 5.32 Å². The lowest BCUT2D eigenvalue weighted by Crippen LogP contribution is -2.40. The average molecular weight is 278 g/mol. The van der Waals surface area contributed by atoms with Gasteiger partial charge in [-0.3, -0.25) is 0 Å². The SMILES string of the molecule is CCC(CC)C(C)NC(=O)Nc1cccc(C(C)O)c1. The molecule has 0 radical (unpaired) electrons. The fourth-order valence-corrected chi connectivity index (χ4v) is 2.36. The van der Waals surface area contributed by atoms with Crippen LogP contribution in [-0.4, -0.2) is 17.2 Å². The molecule has 0 aliphatic heterocycles. The van der Waals surface area contributed by atoms with Crippen LogP contribution in [-0.2, 0) is 0 Å². The molecular weight excluding hydrogens is 252 g/mol. The molecule has 0 saturated carbocycles. The van der Waals surface area contributed by atoms with Crippen molar-refractivity contribution in [2.75, 3.05) is 5.32 Å². The van der Waals surface area contributed by atoms with E-state index >= 15 is 0 Å². The van der Waals surface area contributed by atoms with Crippen LogP contribution in [0.25, 0.3) is 0 Å². The van der Waals surface area contributed by atoms with E-state index in [0.717, 1.165) is 18.4 Å². The van der Waals surface area contributed by atoms with Crippen molar-refractivity contribution in [2.45, 2.75) is 52.7 Å². The second-order valence-corrected chi connectivity index (χ2v) is 5.27. The van der Waals surface area contributed by atoms with E-state index in [1.165, 1.54) is 0 Å². The minimum atomic E-state index is -0.539. The van der Waals surface area contributed by atoms with Gasteiger partial charge in [-0.05, 0) is 37.5 Å². The molecule has 1 aromatic carbocycles. The number of rotatable bonds is 6. The van der Waals surface area contributed by atoms with E-state index in [2.05, 4.69) is 24.5 Å². The van der Waals surface area contributed by atoms with Crippen LogP contribution in [0.15, 0.2) is 24.3 Å². The zero-order valence-corrected chi connectivity index (χ0v) is 12.8. The lowest BCUT2D eigenvalue weighted by atomic mass is 9.96. The Hall–Kier alpha value is -1.55. The minimum absolute atomic E-state index is 0.143. The highest BCUT2D eigenvalue weighted by Gasteiger charge is 2.15. The summed E-state index contributed by atoms with van der Waals surface area (Å²) >= 11 is 0. The molecule has 2 atom stereocenters. The predicted octanol–water partition coefficient (Wildman–Crippen LogP) is 3.69. The van der Waals surface area contributed by atoms with Gasteiger partial charge in [-0.1, -0.05) is 38.8 Å². The minimum Gasteiger partial charge on any atom is -0.389 e. The van der Waals surface area contributed by atoms with Gasteiger partial charge in [0.05, 0.1) is 6.10 Å². The van der Waals surface area contributed by atoms with Gasteiger partial charge in [0.2, 0.25) is 0 Å². The number of hydrogen-bond acceptors (Lipinski definition) is 2.